The number of amides is 2. The normalized spacial score (nSPS) is 22.3. The molecule has 2 N–H and O–H groups in total. The molecule has 2 fully saturated rings. The van der Waals surface area contributed by atoms with Gasteiger partial charge in [0.2, 0.25) is 11.8 Å². The number of carbonyl (C=O) groups is 3. The van der Waals surface area contributed by atoms with Gasteiger partial charge in [0.1, 0.15) is 5.75 Å². The summed E-state index contributed by atoms with van der Waals surface area (Å²) in [5.74, 6) is -0.197. The predicted molar refractivity (Wildman–Crippen MR) is 149 cm³/mol. The van der Waals surface area contributed by atoms with Crippen LogP contribution in [0.4, 0.5) is 0 Å². The van der Waals surface area contributed by atoms with Gasteiger partial charge in [-0.25, -0.2) is 0 Å². The standard InChI is InChI=1S/C31H41N3O5/c1-30(2,32)27(35)17-24(20-39-19-22-11-13-25(38-4)14-12-22)28(36)34-16-8-15-31(21-34)26(18-33(3)29(31)37)23-9-6-5-7-10-23/h5-7,9-14,24,26H,8,15-21,32H2,1-4H3/t24-,26?,31?/m1/s1. The zero-order chi connectivity index (χ0) is 28.2. The van der Waals surface area contributed by atoms with Crippen LogP contribution in [0, 0.1) is 11.3 Å². The zero-order valence-electron chi connectivity index (χ0n) is 23.5. The SMILES string of the molecule is COc1ccc(COC[C@@H](CC(=O)C(C)(C)N)C(=O)N2CCCC3(C2)C(=O)N(C)CC3c2ccccc2)cc1. The topological polar surface area (TPSA) is 102 Å². The fourth-order valence-corrected chi connectivity index (χ4v) is 5.90. The number of carbonyl (C=O) groups excluding carboxylic acids is 3. The number of likely N-dealkylation sites (tertiary alicyclic amines) is 2. The summed E-state index contributed by atoms with van der Waals surface area (Å²) in [7, 11) is 3.45. The van der Waals surface area contributed by atoms with Crippen molar-refractivity contribution in [3.63, 3.8) is 0 Å². The van der Waals surface area contributed by atoms with Crippen molar-refractivity contribution < 1.29 is 23.9 Å². The molecule has 1 spiro atoms. The highest BCUT2D eigenvalue weighted by Crippen LogP contribution is 2.49. The summed E-state index contributed by atoms with van der Waals surface area (Å²) in [6.07, 6.45) is 1.45. The van der Waals surface area contributed by atoms with Crippen molar-refractivity contribution in [2.45, 2.75) is 51.2 Å². The molecule has 0 aliphatic carbocycles. The number of methoxy groups -OCH3 is 1. The predicted octanol–water partition coefficient (Wildman–Crippen LogP) is 3.39. The maximum absolute atomic E-state index is 14.0. The second kappa shape index (κ2) is 11.9. The van der Waals surface area contributed by atoms with Crippen molar-refractivity contribution >= 4 is 17.6 Å². The molecule has 2 amide bonds. The van der Waals surface area contributed by atoms with Crippen molar-refractivity contribution in [2.75, 3.05) is 40.4 Å². The molecule has 0 aromatic heterocycles. The average Bonchev–Trinajstić information content (AvgIpc) is 3.17. The Morgan fingerprint density at radius 3 is 2.46 bits per heavy atom. The van der Waals surface area contributed by atoms with Gasteiger partial charge in [-0.05, 0) is 49.9 Å². The van der Waals surface area contributed by atoms with E-state index >= 15 is 0 Å². The van der Waals surface area contributed by atoms with Crippen LogP contribution >= 0.6 is 0 Å². The number of ether oxygens (including phenoxy) is 2. The Bertz CT molecular complexity index is 1160. The second-order valence-electron chi connectivity index (χ2n) is 11.6. The maximum atomic E-state index is 14.0. The lowest BCUT2D eigenvalue weighted by atomic mass is 9.69. The third kappa shape index (κ3) is 6.34. The monoisotopic (exact) mass is 535 g/mol. The smallest absolute Gasteiger partial charge is 0.231 e. The number of likely N-dealkylation sites (N-methyl/N-ethyl adjacent to an activating group) is 1. The van der Waals surface area contributed by atoms with E-state index in [9.17, 15) is 14.4 Å². The summed E-state index contributed by atoms with van der Waals surface area (Å²) < 4.78 is 11.2. The first-order chi connectivity index (χ1) is 18.5. The highest BCUT2D eigenvalue weighted by molar-refractivity contribution is 5.92. The summed E-state index contributed by atoms with van der Waals surface area (Å²) in [4.78, 5) is 44.0. The first-order valence-electron chi connectivity index (χ1n) is 13.7. The minimum Gasteiger partial charge on any atom is -0.497 e. The summed E-state index contributed by atoms with van der Waals surface area (Å²) in [6.45, 7) is 5.21. The largest absolute Gasteiger partial charge is 0.497 e. The quantitative estimate of drug-likeness (QED) is 0.501. The molecular weight excluding hydrogens is 494 g/mol. The molecule has 210 valence electrons. The molecule has 8 nitrogen and oxygen atoms in total. The van der Waals surface area contributed by atoms with Gasteiger partial charge in [0.25, 0.3) is 0 Å². The van der Waals surface area contributed by atoms with Crippen LogP contribution in [-0.4, -0.2) is 73.3 Å². The number of benzene rings is 2. The molecule has 8 heteroatoms. The van der Waals surface area contributed by atoms with Gasteiger partial charge in [0.15, 0.2) is 5.78 Å². The van der Waals surface area contributed by atoms with E-state index in [1.807, 2.05) is 49.5 Å². The number of nitrogens with two attached hydrogens (primary N) is 1. The first kappa shape index (κ1) is 28.8. The van der Waals surface area contributed by atoms with E-state index in [2.05, 4.69) is 12.1 Å². The molecule has 0 bridgehead atoms. The summed E-state index contributed by atoms with van der Waals surface area (Å²) in [5, 5.41) is 0. The summed E-state index contributed by atoms with van der Waals surface area (Å²) in [6, 6.07) is 17.6. The number of nitrogens with zero attached hydrogens (tertiary/aromatic N) is 2. The van der Waals surface area contributed by atoms with Crippen molar-refractivity contribution in [1.82, 2.24) is 9.80 Å². The Hall–Kier alpha value is -3.23. The molecule has 39 heavy (non-hydrogen) atoms. The molecule has 4 rings (SSSR count). The number of piperidine rings is 1. The van der Waals surface area contributed by atoms with Gasteiger partial charge in [0.05, 0.1) is 37.2 Å². The van der Waals surface area contributed by atoms with Crippen LogP contribution < -0.4 is 10.5 Å². The van der Waals surface area contributed by atoms with Gasteiger partial charge in [-0.15, -0.1) is 0 Å². The van der Waals surface area contributed by atoms with E-state index in [0.29, 0.717) is 26.2 Å². The highest BCUT2D eigenvalue weighted by atomic mass is 16.5. The number of Topliss-reactive ketones (excluding diaryl/α,β-unsaturated/α-hetero) is 1. The molecule has 0 saturated carbocycles. The molecular formula is C31H41N3O5. The van der Waals surface area contributed by atoms with Crippen molar-refractivity contribution in [3.8, 4) is 5.75 Å². The van der Waals surface area contributed by atoms with Crippen LogP contribution in [0.1, 0.15) is 50.2 Å². The van der Waals surface area contributed by atoms with Gasteiger partial charge in [-0.2, -0.15) is 0 Å². The second-order valence-corrected chi connectivity index (χ2v) is 11.6. The van der Waals surface area contributed by atoms with Crippen molar-refractivity contribution in [2.24, 2.45) is 17.1 Å². The van der Waals surface area contributed by atoms with Gasteiger partial charge in [-0.3, -0.25) is 14.4 Å². The summed E-state index contributed by atoms with van der Waals surface area (Å²) in [5.41, 5.74) is 6.41. The van der Waals surface area contributed by atoms with E-state index < -0.39 is 16.9 Å². The maximum Gasteiger partial charge on any atom is 0.231 e. The fraction of sp³-hybridized carbons (Fsp3) is 0.516. The average molecular weight is 536 g/mol. The molecule has 0 radical (unpaired) electrons. The lowest BCUT2D eigenvalue weighted by Crippen LogP contribution is -2.53. The van der Waals surface area contributed by atoms with Crippen molar-refractivity contribution in [3.05, 3.63) is 65.7 Å². The summed E-state index contributed by atoms with van der Waals surface area (Å²) >= 11 is 0. The van der Waals surface area contributed by atoms with Crippen LogP contribution in [0.2, 0.25) is 0 Å². The molecule has 2 unspecified atom stereocenters. The Kier molecular flexibility index (Phi) is 8.76. The highest BCUT2D eigenvalue weighted by Gasteiger charge is 2.55. The van der Waals surface area contributed by atoms with Crippen LogP contribution in [0.5, 0.6) is 5.75 Å². The van der Waals surface area contributed by atoms with Crippen molar-refractivity contribution in [1.29, 1.82) is 0 Å². The van der Waals surface area contributed by atoms with E-state index in [-0.39, 0.29) is 36.5 Å². The lowest BCUT2D eigenvalue weighted by molar-refractivity contribution is -0.148. The Morgan fingerprint density at radius 1 is 1.13 bits per heavy atom. The Morgan fingerprint density at radius 2 is 1.82 bits per heavy atom. The van der Waals surface area contributed by atoms with Gasteiger partial charge in [-0.1, -0.05) is 42.5 Å². The minimum absolute atomic E-state index is 0.00109. The van der Waals surface area contributed by atoms with Crippen LogP contribution in [0.15, 0.2) is 54.6 Å². The fourth-order valence-electron chi connectivity index (χ4n) is 5.90. The van der Waals surface area contributed by atoms with Crippen LogP contribution in [0.25, 0.3) is 0 Å². The number of rotatable bonds is 10. The zero-order valence-corrected chi connectivity index (χ0v) is 23.5. The van der Waals surface area contributed by atoms with Gasteiger partial charge >= 0.3 is 0 Å². The van der Waals surface area contributed by atoms with Crippen LogP contribution in [0.3, 0.4) is 0 Å². The van der Waals surface area contributed by atoms with E-state index in [0.717, 1.165) is 29.7 Å². The Balaban J connectivity index is 1.52. The molecule has 3 atom stereocenters. The molecule has 2 aromatic carbocycles. The lowest BCUT2D eigenvalue weighted by Gasteiger charge is -2.43. The third-order valence-corrected chi connectivity index (χ3v) is 8.18. The molecule has 2 aromatic rings. The van der Waals surface area contributed by atoms with Gasteiger partial charge < -0.3 is 25.0 Å². The minimum atomic E-state index is -1.06. The van der Waals surface area contributed by atoms with Gasteiger partial charge in [0, 0.05) is 39.0 Å². The van der Waals surface area contributed by atoms with E-state index in [1.165, 1.54) is 0 Å². The number of hydrogen-bond acceptors (Lipinski definition) is 6. The van der Waals surface area contributed by atoms with Crippen LogP contribution in [-0.2, 0) is 25.7 Å². The molecule has 2 saturated heterocycles. The Labute approximate surface area is 231 Å². The molecule has 2 aliphatic heterocycles. The third-order valence-electron chi connectivity index (χ3n) is 8.18. The van der Waals surface area contributed by atoms with E-state index in [1.54, 1.807) is 30.8 Å². The number of ketones is 1. The first-order valence-corrected chi connectivity index (χ1v) is 13.7. The number of hydrogen-bond donors (Lipinski definition) is 1. The molecule has 2 heterocycles. The van der Waals surface area contributed by atoms with E-state index in [4.69, 9.17) is 15.2 Å². The molecule has 2 aliphatic rings.